The number of aromatic nitrogens is 2. The fraction of sp³-hybridized carbons (Fsp3) is 0.429. The van der Waals surface area contributed by atoms with Crippen molar-refractivity contribution >= 4 is 0 Å². The van der Waals surface area contributed by atoms with Gasteiger partial charge in [-0.15, -0.1) is 16.8 Å². The van der Waals surface area contributed by atoms with Crippen molar-refractivity contribution in [3.8, 4) is 17.1 Å². The van der Waals surface area contributed by atoms with Gasteiger partial charge in [0.05, 0.1) is 12.3 Å². The Kier molecular flexibility index (Phi) is 7.16. The molecule has 2 heterocycles. The molecule has 0 bridgehead atoms. The third-order valence-electron chi connectivity index (χ3n) is 4.47. The van der Waals surface area contributed by atoms with E-state index in [1.165, 1.54) is 0 Å². The summed E-state index contributed by atoms with van der Waals surface area (Å²) in [5.74, 6) is 0.574. The molecule has 1 aromatic carbocycles. The normalized spacial score (nSPS) is 16.6. The minimum absolute atomic E-state index is 0.0722. The molecule has 5 nitrogen and oxygen atoms in total. The summed E-state index contributed by atoms with van der Waals surface area (Å²) in [4.78, 5) is 2.41. The van der Waals surface area contributed by atoms with E-state index in [2.05, 4.69) is 21.7 Å². The molecule has 5 heteroatoms. The van der Waals surface area contributed by atoms with Gasteiger partial charge in [0.1, 0.15) is 6.10 Å². The zero-order valence-electron chi connectivity index (χ0n) is 15.2. The molecule has 26 heavy (non-hydrogen) atoms. The Morgan fingerprint density at radius 3 is 2.77 bits per heavy atom. The fourth-order valence-electron chi connectivity index (χ4n) is 3.08. The molecule has 138 valence electrons. The molecular formula is C21H27N3O2. The van der Waals surface area contributed by atoms with Gasteiger partial charge in [-0.25, -0.2) is 0 Å². The Morgan fingerprint density at radius 1 is 1.12 bits per heavy atom. The minimum Gasteiger partial charge on any atom is -0.472 e. The summed E-state index contributed by atoms with van der Waals surface area (Å²) in [6.07, 6.45) is 4.92. The third kappa shape index (κ3) is 5.64. The summed E-state index contributed by atoms with van der Waals surface area (Å²) >= 11 is 0. The van der Waals surface area contributed by atoms with Crippen molar-refractivity contribution in [3.05, 3.63) is 55.1 Å². The fourth-order valence-corrected chi connectivity index (χ4v) is 3.08. The van der Waals surface area contributed by atoms with E-state index < -0.39 is 0 Å². The lowest BCUT2D eigenvalue weighted by molar-refractivity contribution is 0.109. The SMILES string of the molecule is C=CCC[C@@H](CN1CCCOCC1)Oc1ccc(-c2ccccc2)nn1. The Bertz CT molecular complexity index is 653. The topological polar surface area (TPSA) is 47.5 Å². The van der Waals surface area contributed by atoms with Crippen LogP contribution in [0.5, 0.6) is 5.88 Å². The van der Waals surface area contributed by atoms with Crippen LogP contribution in [0, 0.1) is 0 Å². The van der Waals surface area contributed by atoms with Crippen LogP contribution in [0.3, 0.4) is 0 Å². The molecule has 3 rings (SSSR count). The summed E-state index contributed by atoms with van der Waals surface area (Å²) in [6.45, 7) is 8.34. The van der Waals surface area contributed by atoms with Crippen molar-refractivity contribution in [3.63, 3.8) is 0 Å². The zero-order chi connectivity index (χ0) is 18.0. The van der Waals surface area contributed by atoms with Crippen LogP contribution in [-0.4, -0.2) is 54.0 Å². The van der Waals surface area contributed by atoms with E-state index in [0.29, 0.717) is 5.88 Å². The van der Waals surface area contributed by atoms with Crippen LogP contribution >= 0.6 is 0 Å². The molecule has 0 spiro atoms. The predicted molar refractivity (Wildman–Crippen MR) is 103 cm³/mol. The standard InChI is InChI=1S/C21H27N3O2/c1-2-3-10-19(17-24-13-7-15-25-16-14-24)26-21-12-11-20(22-23-21)18-8-5-4-6-9-18/h2,4-6,8-9,11-12,19H,1,3,7,10,13-17H2/t19-/m0/s1. The summed E-state index contributed by atoms with van der Waals surface area (Å²) in [7, 11) is 0. The first-order chi connectivity index (χ1) is 12.8. The predicted octanol–water partition coefficient (Wildman–Crippen LogP) is 3.58. The van der Waals surface area contributed by atoms with Gasteiger partial charge in [0.25, 0.3) is 0 Å². The van der Waals surface area contributed by atoms with Crippen LogP contribution in [-0.2, 0) is 4.74 Å². The van der Waals surface area contributed by atoms with E-state index in [1.54, 1.807) is 0 Å². The number of hydrogen-bond donors (Lipinski definition) is 0. The van der Waals surface area contributed by atoms with E-state index in [4.69, 9.17) is 9.47 Å². The van der Waals surface area contributed by atoms with Crippen LogP contribution in [0.1, 0.15) is 19.3 Å². The first kappa shape index (κ1) is 18.5. The van der Waals surface area contributed by atoms with Gasteiger partial charge >= 0.3 is 0 Å². The molecular weight excluding hydrogens is 326 g/mol. The Balaban J connectivity index is 1.62. The van der Waals surface area contributed by atoms with Crippen molar-refractivity contribution in [2.24, 2.45) is 0 Å². The molecule has 1 aliphatic rings. The number of rotatable bonds is 8. The van der Waals surface area contributed by atoms with Gasteiger partial charge in [0, 0.05) is 37.9 Å². The highest BCUT2D eigenvalue weighted by molar-refractivity contribution is 5.58. The van der Waals surface area contributed by atoms with Crippen LogP contribution in [0.2, 0.25) is 0 Å². The van der Waals surface area contributed by atoms with Gasteiger partial charge in [-0.3, -0.25) is 4.90 Å². The molecule has 0 saturated carbocycles. The largest absolute Gasteiger partial charge is 0.472 e. The lowest BCUT2D eigenvalue weighted by Crippen LogP contribution is -2.37. The van der Waals surface area contributed by atoms with E-state index in [0.717, 1.165) is 63.4 Å². The molecule has 0 amide bonds. The molecule has 0 unspecified atom stereocenters. The average molecular weight is 353 g/mol. The van der Waals surface area contributed by atoms with Crippen molar-refractivity contribution < 1.29 is 9.47 Å². The Morgan fingerprint density at radius 2 is 2.00 bits per heavy atom. The molecule has 0 N–H and O–H groups in total. The lowest BCUT2D eigenvalue weighted by atomic mass is 10.1. The zero-order valence-corrected chi connectivity index (χ0v) is 15.2. The average Bonchev–Trinajstić information content (AvgIpc) is 2.96. The molecule has 1 aliphatic heterocycles. The number of ether oxygens (including phenoxy) is 2. The third-order valence-corrected chi connectivity index (χ3v) is 4.47. The molecule has 1 saturated heterocycles. The van der Waals surface area contributed by atoms with Crippen molar-refractivity contribution in [2.45, 2.75) is 25.4 Å². The highest BCUT2D eigenvalue weighted by atomic mass is 16.5. The molecule has 1 fully saturated rings. The maximum Gasteiger partial charge on any atom is 0.233 e. The van der Waals surface area contributed by atoms with E-state index >= 15 is 0 Å². The van der Waals surface area contributed by atoms with Gasteiger partial charge in [-0.05, 0) is 25.3 Å². The second kappa shape index (κ2) is 10.0. The minimum atomic E-state index is 0.0722. The number of allylic oxidation sites excluding steroid dienone is 1. The van der Waals surface area contributed by atoms with Crippen LogP contribution < -0.4 is 4.74 Å². The summed E-state index contributed by atoms with van der Waals surface area (Å²) in [5.41, 5.74) is 1.91. The number of nitrogens with zero attached hydrogens (tertiary/aromatic N) is 3. The first-order valence-electron chi connectivity index (χ1n) is 9.32. The van der Waals surface area contributed by atoms with Crippen LogP contribution in [0.15, 0.2) is 55.1 Å². The highest BCUT2D eigenvalue weighted by Gasteiger charge is 2.17. The molecule has 0 aliphatic carbocycles. The smallest absolute Gasteiger partial charge is 0.233 e. The second-order valence-electron chi connectivity index (χ2n) is 6.50. The summed E-state index contributed by atoms with van der Waals surface area (Å²) < 4.78 is 11.7. The maximum atomic E-state index is 6.15. The van der Waals surface area contributed by atoms with Gasteiger partial charge in [0.15, 0.2) is 0 Å². The second-order valence-corrected chi connectivity index (χ2v) is 6.50. The summed E-state index contributed by atoms with van der Waals surface area (Å²) in [5, 5.41) is 8.59. The quantitative estimate of drug-likeness (QED) is 0.679. The van der Waals surface area contributed by atoms with Crippen molar-refractivity contribution in [2.75, 3.05) is 32.8 Å². The lowest BCUT2D eigenvalue weighted by Gasteiger charge is -2.26. The van der Waals surface area contributed by atoms with E-state index in [1.807, 2.05) is 48.5 Å². The summed E-state index contributed by atoms with van der Waals surface area (Å²) in [6, 6.07) is 13.9. The molecule has 0 radical (unpaired) electrons. The monoisotopic (exact) mass is 353 g/mol. The van der Waals surface area contributed by atoms with E-state index in [9.17, 15) is 0 Å². The Hall–Kier alpha value is -2.24. The van der Waals surface area contributed by atoms with Crippen molar-refractivity contribution in [1.82, 2.24) is 15.1 Å². The van der Waals surface area contributed by atoms with Crippen LogP contribution in [0.25, 0.3) is 11.3 Å². The number of benzene rings is 1. The maximum absolute atomic E-state index is 6.15. The number of hydrogen-bond acceptors (Lipinski definition) is 5. The molecule has 1 atom stereocenters. The highest BCUT2D eigenvalue weighted by Crippen LogP contribution is 2.19. The first-order valence-corrected chi connectivity index (χ1v) is 9.32. The van der Waals surface area contributed by atoms with E-state index in [-0.39, 0.29) is 6.10 Å². The van der Waals surface area contributed by atoms with Gasteiger partial charge < -0.3 is 9.47 Å². The molecule has 2 aromatic rings. The Labute approximate surface area is 155 Å². The van der Waals surface area contributed by atoms with Gasteiger partial charge in [0.2, 0.25) is 5.88 Å². The van der Waals surface area contributed by atoms with Crippen LogP contribution in [0.4, 0.5) is 0 Å². The van der Waals surface area contributed by atoms with Gasteiger partial charge in [-0.2, -0.15) is 0 Å². The van der Waals surface area contributed by atoms with Gasteiger partial charge in [-0.1, -0.05) is 36.4 Å². The molecule has 1 aromatic heterocycles. The van der Waals surface area contributed by atoms with Crippen molar-refractivity contribution in [1.29, 1.82) is 0 Å².